The van der Waals surface area contributed by atoms with Crippen molar-refractivity contribution in [2.75, 3.05) is 0 Å². The van der Waals surface area contributed by atoms with E-state index < -0.39 is 10.3 Å². The van der Waals surface area contributed by atoms with Crippen LogP contribution in [0.2, 0.25) is 0 Å². The van der Waals surface area contributed by atoms with E-state index in [1.165, 1.54) is 21.6 Å². The summed E-state index contributed by atoms with van der Waals surface area (Å²) in [4.78, 5) is 16.2. The summed E-state index contributed by atoms with van der Waals surface area (Å²) in [5, 5.41) is 0. The topological polar surface area (TPSA) is 26.3 Å². The van der Waals surface area contributed by atoms with Crippen LogP contribution in [-0.4, -0.2) is 5.97 Å². The summed E-state index contributed by atoms with van der Waals surface area (Å²) < 4.78 is 6.55. The third-order valence-corrected chi connectivity index (χ3v) is 8.82. The smallest absolute Gasteiger partial charge is 0.316 e. The maximum Gasteiger partial charge on any atom is 0.316 e. The second-order valence-electron chi connectivity index (χ2n) is 7.30. The van der Waals surface area contributed by atoms with Crippen molar-refractivity contribution in [2.24, 2.45) is 0 Å². The molecule has 3 rings (SSSR count). The minimum Gasteiger partial charge on any atom is -0.402 e. The quantitative estimate of drug-likeness (QED) is 0.376. The van der Waals surface area contributed by atoms with E-state index in [9.17, 15) is 4.79 Å². The zero-order chi connectivity index (χ0) is 21.6. The van der Waals surface area contributed by atoms with Gasteiger partial charge >= 0.3 is 5.97 Å². The molecule has 0 aliphatic carbocycles. The van der Waals surface area contributed by atoms with Crippen LogP contribution in [0.1, 0.15) is 50.8 Å². The Morgan fingerprint density at radius 2 is 1.20 bits per heavy atom. The summed E-state index contributed by atoms with van der Waals surface area (Å²) in [6.45, 7) is 8.45. The predicted molar refractivity (Wildman–Crippen MR) is 126 cm³/mol. The Bertz CT molecular complexity index is 916. The lowest BCUT2D eigenvalue weighted by molar-refractivity contribution is -0.133. The fraction of sp³-hybridized carbons (Fsp3) is 0.296. The standard InChI is InChI=1S/C27H32O2S/c1-5-21-19-22(6-2)27(23(7-3)20-21)30(29-26(28)8-4,24-15-11-9-12-16-24)25-17-13-10-14-18-25/h9-20H,5-8H2,1-4H3. The highest BCUT2D eigenvalue weighted by atomic mass is 32.3. The van der Waals surface area contributed by atoms with Crippen LogP contribution in [0.25, 0.3) is 0 Å². The van der Waals surface area contributed by atoms with Gasteiger partial charge in [0, 0.05) is 21.1 Å². The molecule has 0 heterocycles. The van der Waals surface area contributed by atoms with E-state index in [2.05, 4.69) is 57.2 Å². The Kier molecular flexibility index (Phi) is 7.38. The highest BCUT2D eigenvalue weighted by molar-refractivity contribution is 8.30. The number of hydrogen-bond donors (Lipinski definition) is 0. The third kappa shape index (κ3) is 4.17. The van der Waals surface area contributed by atoms with Crippen LogP contribution in [0, 0.1) is 0 Å². The van der Waals surface area contributed by atoms with Gasteiger partial charge in [0.1, 0.15) is 0 Å². The molecule has 0 aliphatic rings. The molecule has 0 N–H and O–H groups in total. The van der Waals surface area contributed by atoms with Gasteiger partial charge in [0.15, 0.2) is 0 Å². The normalized spacial score (nSPS) is 11.9. The van der Waals surface area contributed by atoms with E-state index in [1.54, 1.807) is 0 Å². The van der Waals surface area contributed by atoms with Crippen LogP contribution in [0.4, 0.5) is 0 Å². The second-order valence-corrected chi connectivity index (χ2v) is 9.93. The van der Waals surface area contributed by atoms with E-state index in [0.717, 1.165) is 29.1 Å². The summed E-state index contributed by atoms with van der Waals surface area (Å²) in [7, 11) is -2.20. The summed E-state index contributed by atoms with van der Waals surface area (Å²) in [5.74, 6) is -0.165. The van der Waals surface area contributed by atoms with E-state index in [-0.39, 0.29) is 5.97 Å². The van der Waals surface area contributed by atoms with Gasteiger partial charge in [-0.3, -0.25) is 4.79 Å². The van der Waals surface area contributed by atoms with Crippen LogP contribution in [0.5, 0.6) is 0 Å². The van der Waals surface area contributed by atoms with Gasteiger partial charge in [-0.25, -0.2) is 0 Å². The highest BCUT2D eigenvalue weighted by Crippen LogP contribution is 2.71. The maximum absolute atomic E-state index is 12.9. The van der Waals surface area contributed by atoms with Crippen LogP contribution in [0.3, 0.4) is 0 Å². The Balaban J connectivity index is 2.47. The summed E-state index contributed by atoms with van der Waals surface area (Å²) in [5.41, 5.74) is 3.89. The molecule has 0 radical (unpaired) electrons. The van der Waals surface area contributed by atoms with E-state index in [0.29, 0.717) is 6.42 Å². The van der Waals surface area contributed by atoms with Crippen molar-refractivity contribution in [3.8, 4) is 0 Å². The molecule has 0 saturated heterocycles. The number of aryl methyl sites for hydroxylation is 3. The van der Waals surface area contributed by atoms with Crippen molar-refractivity contribution >= 4 is 16.3 Å². The van der Waals surface area contributed by atoms with Gasteiger partial charge in [0.25, 0.3) is 0 Å². The average Bonchev–Trinajstić information content (AvgIpc) is 2.82. The molecule has 0 atom stereocenters. The number of carbonyl (C=O) groups excluding carboxylic acids is 1. The Morgan fingerprint density at radius 3 is 1.57 bits per heavy atom. The van der Waals surface area contributed by atoms with Crippen molar-refractivity contribution in [3.63, 3.8) is 0 Å². The van der Waals surface area contributed by atoms with Crippen LogP contribution < -0.4 is 0 Å². The van der Waals surface area contributed by atoms with Gasteiger partial charge in [-0.05, 0) is 70.5 Å². The van der Waals surface area contributed by atoms with Gasteiger partial charge in [0.2, 0.25) is 0 Å². The predicted octanol–water partition coefficient (Wildman–Crippen LogP) is 7.52. The lowest BCUT2D eigenvalue weighted by Crippen LogP contribution is -2.16. The molecule has 158 valence electrons. The number of benzene rings is 3. The van der Waals surface area contributed by atoms with E-state index in [1.807, 2.05) is 43.3 Å². The third-order valence-electron chi connectivity index (χ3n) is 5.42. The molecular formula is C27H32O2S. The van der Waals surface area contributed by atoms with Crippen molar-refractivity contribution < 1.29 is 8.98 Å². The van der Waals surface area contributed by atoms with Crippen LogP contribution in [-0.2, 0) is 28.2 Å². The van der Waals surface area contributed by atoms with Gasteiger partial charge in [-0.1, -0.05) is 76.2 Å². The molecule has 2 nitrogen and oxygen atoms in total. The minimum absolute atomic E-state index is 0.165. The monoisotopic (exact) mass is 420 g/mol. The van der Waals surface area contributed by atoms with Gasteiger partial charge < -0.3 is 4.18 Å². The first-order valence-electron chi connectivity index (χ1n) is 10.9. The van der Waals surface area contributed by atoms with Crippen molar-refractivity contribution in [2.45, 2.75) is 68.1 Å². The first-order valence-corrected chi connectivity index (χ1v) is 12.5. The van der Waals surface area contributed by atoms with E-state index in [4.69, 9.17) is 4.18 Å². The Labute approximate surface area is 182 Å². The number of carbonyl (C=O) groups is 1. The molecule has 3 heteroatoms. The van der Waals surface area contributed by atoms with Crippen molar-refractivity contribution in [1.29, 1.82) is 0 Å². The first kappa shape index (κ1) is 22.2. The first-order chi connectivity index (χ1) is 14.6. The zero-order valence-corrected chi connectivity index (χ0v) is 19.3. The molecule has 0 aromatic heterocycles. The molecule has 0 fully saturated rings. The molecular weight excluding hydrogens is 388 g/mol. The molecule has 0 saturated carbocycles. The fourth-order valence-corrected chi connectivity index (χ4v) is 7.50. The SMILES string of the molecule is CCC(=O)OS(c1ccccc1)(c1ccccc1)c1c(CC)cc(CC)cc1CC. The Morgan fingerprint density at radius 1 is 0.733 bits per heavy atom. The minimum atomic E-state index is -2.20. The summed E-state index contributed by atoms with van der Waals surface area (Å²) in [6, 6.07) is 25.2. The van der Waals surface area contributed by atoms with Gasteiger partial charge in [-0.2, -0.15) is 0 Å². The van der Waals surface area contributed by atoms with Crippen LogP contribution >= 0.6 is 10.3 Å². The molecule has 0 unspecified atom stereocenters. The maximum atomic E-state index is 12.9. The molecule has 0 aliphatic heterocycles. The van der Waals surface area contributed by atoms with Gasteiger partial charge in [0.05, 0.1) is 0 Å². The second kappa shape index (κ2) is 9.99. The van der Waals surface area contributed by atoms with Crippen molar-refractivity contribution in [1.82, 2.24) is 0 Å². The van der Waals surface area contributed by atoms with Crippen molar-refractivity contribution in [3.05, 3.63) is 89.5 Å². The fourth-order valence-electron chi connectivity index (χ4n) is 3.86. The largest absolute Gasteiger partial charge is 0.402 e. The molecule has 0 amide bonds. The Hall–Kier alpha value is -2.52. The van der Waals surface area contributed by atoms with E-state index >= 15 is 0 Å². The summed E-state index contributed by atoms with van der Waals surface area (Å²) in [6.07, 6.45) is 3.14. The van der Waals surface area contributed by atoms with Gasteiger partial charge in [-0.15, -0.1) is 0 Å². The molecule has 30 heavy (non-hydrogen) atoms. The lowest BCUT2D eigenvalue weighted by Gasteiger charge is -2.42. The average molecular weight is 421 g/mol. The molecule has 3 aromatic rings. The molecule has 0 bridgehead atoms. The zero-order valence-electron chi connectivity index (χ0n) is 18.5. The number of rotatable bonds is 8. The lowest BCUT2D eigenvalue weighted by atomic mass is 10.0. The number of hydrogen-bond acceptors (Lipinski definition) is 2. The summed E-state index contributed by atoms with van der Waals surface area (Å²) >= 11 is 0. The molecule has 3 aromatic carbocycles. The highest BCUT2D eigenvalue weighted by Gasteiger charge is 2.38. The molecule has 0 spiro atoms. The van der Waals surface area contributed by atoms with Crippen LogP contribution in [0.15, 0.2) is 87.5 Å².